The molecule has 3 rings (SSSR count). The van der Waals surface area contributed by atoms with Crippen LogP contribution in [0.5, 0.6) is 0 Å². The van der Waals surface area contributed by atoms with Gasteiger partial charge in [-0.15, -0.1) is 0 Å². The second kappa shape index (κ2) is 7.46. The van der Waals surface area contributed by atoms with Crippen LogP contribution in [0.1, 0.15) is 50.4 Å². The summed E-state index contributed by atoms with van der Waals surface area (Å²) in [5.74, 6) is 1.16. The van der Waals surface area contributed by atoms with Crippen molar-refractivity contribution in [2.75, 3.05) is 13.1 Å². The van der Waals surface area contributed by atoms with Gasteiger partial charge >= 0.3 is 0 Å². The van der Waals surface area contributed by atoms with Gasteiger partial charge in [-0.05, 0) is 43.4 Å². The number of hydrogen-bond donors (Lipinski definition) is 1. The number of hydrogen-bond acceptors (Lipinski definition) is 6. The highest BCUT2D eigenvalue weighted by Crippen LogP contribution is 2.36. The van der Waals surface area contributed by atoms with Gasteiger partial charge in [-0.25, -0.2) is 8.42 Å². The fourth-order valence-corrected chi connectivity index (χ4v) is 4.59. The Morgan fingerprint density at radius 2 is 1.81 bits per heavy atom. The van der Waals surface area contributed by atoms with Crippen molar-refractivity contribution in [3.63, 3.8) is 0 Å². The van der Waals surface area contributed by atoms with Crippen molar-refractivity contribution in [3.8, 4) is 0 Å². The molecule has 26 heavy (non-hydrogen) atoms. The molecule has 0 spiro atoms. The third kappa shape index (κ3) is 3.67. The third-order valence-corrected chi connectivity index (χ3v) is 7.12. The summed E-state index contributed by atoms with van der Waals surface area (Å²) in [6.07, 6.45) is 4.20. The van der Waals surface area contributed by atoms with E-state index in [1.807, 2.05) is 26.0 Å². The smallest absolute Gasteiger partial charge is 0.243 e. The van der Waals surface area contributed by atoms with E-state index in [1.54, 1.807) is 12.1 Å². The Morgan fingerprint density at radius 1 is 1.15 bits per heavy atom. The first kappa shape index (κ1) is 19.0. The first-order valence-corrected chi connectivity index (χ1v) is 10.5. The highest BCUT2D eigenvalue weighted by Gasteiger charge is 2.38. The second-order valence-electron chi connectivity index (χ2n) is 6.75. The van der Waals surface area contributed by atoms with Crippen molar-refractivity contribution in [2.24, 2.45) is 5.73 Å². The quantitative estimate of drug-likeness (QED) is 0.756. The van der Waals surface area contributed by atoms with E-state index in [1.165, 1.54) is 4.31 Å². The summed E-state index contributed by atoms with van der Waals surface area (Å²) < 4.78 is 31.7. The van der Waals surface area contributed by atoms with Gasteiger partial charge in [0.2, 0.25) is 15.9 Å². The van der Waals surface area contributed by atoms with Crippen molar-refractivity contribution in [1.82, 2.24) is 14.4 Å². The summed E-state index contributed by atoms with van der Waals surface area (Å²) in [6.45, 7) is 4.59. The molecule has 0 amide bonds. The predicted octanol–water partition coefficient (Wildman–Crippen LogP) is 2.22. The Kier molecular flexibility index (Phi) is 5.45. The third-order valence-electron chi connectivity index (χ3n) is 5.05. The largest absolute Gasteiger partial charge is 0.339 e. The molecule has 0 bridgehead atoms. The monoisotopic (exact) mass is 378 g/mol. The minimum Gasteiger partial charge on any atom is -0.339 e. The van der Waals surface area contributed by atoms with E-state index in [0.717, 1.165) is 24.8 Å². The van der Waals surface area contributed by atoms with Crippen molar-refractivity contribution in [1.29, 1.82) is 0 Å². The van der Waals surface area contributed by atoms with Gasteiger partial charge in [0.25, 0.3) is 0 Å². The van der Waals surface area contributed by atoms with Crippen LogP contribution >= 0.6 is 0 Å². The Bertz CT molecular complexity index is 838. The Morgan fingerprint density at radius 3 is 2.35 bits per heavy atom. The number of aromatic nitrogens is 2. The lowest BCUT2D eigenvalue weighted by molar-refractivity contribution is 0.229. The summed E-state index contributed by atoms with van der Waals surface area (Å²) in [6, 6.07) is 6.99. The maximum absolute atomic E-state index is 12.5. The number of sulfonamides is 1. The normalized spacial score (nSPS) is 16.6. The van der Waals surface area contributed by atoms with Crippen LogP contribution in [0.3, 0.4) is 0 Å². The standard InChI is InChI=1S/C18H26N4O3S/c1-3-22(4-2)26(23,24)15-9-6-14(7-10-15)8-11-16-20-17(21-25-16)18(19)12-5-13-18/h6-7,9-10H,3-5,8,11-13,19H2,1-2H3. The van der Waals surface area contributed by atoms with Crippen molar-refractivity contribution >= 4 is 10.0 Å². The number of aryl methyl sites for hydroxylation is 2. The zero-order valence-electron chi connectivity index (χ0n) is 15.3. The second-order valence-corrected chi connectivity index (χ2v) is 8.69. The van der Waals surface area contributed by atoms with Crippen molar-refractivity contribution in [2.45, 2.75) is 56.4 Å². The summed E-state index contributed by atoms with van der Waals surface area (Å²) >= 11 is 0. The average molecular weight is 378 g/mol. The zero-order chi connectivity index (χ0) is 18.8. The molecule has 1 fully saturated rings. The van der Waals surface area contributed by atoms with Crippen LogP contribution in [-0.4, -0.2) is 36.0 Å². The molecule has 0 aliphatic heterocycles. The summed E-state index contributed by atoms with van der Waals surface area (Å²) in [5, 5.41) is 4.01. The lowest BCUT2D eigenvalue weighted by Crippen LogP contribution is -2.44. The number of rotatable bonds is 8. The first-order valence-electron chi connectivity index (χ1n) is 9.10. The van der Waals surface area contributed by atoms with Gasteiger partial charge in [0.05, 0.1) is 10.4 Å². The van der Waals surface area contributed by atoms with Crippen molar-refractivity contribution < 1.29 is 12.9 Å². The van der Waals surface area contributed by atoms with Gasteiger partial charge in [-0.3, -0.25) is 0 Å². The van der Waals surface area contributed by atoms with Gasteiger partial charge < -0.3 is 10.3 Å². The number of benzene rings is 1. The van der Waals surface area contributed by atoms with Gasteiger partial charge in [-0.1, -0.05) is 31.1 Å². The molecule has 1 heterocycles. The van der Waals surface area contributed by atoms with Crippen LogP contribution in [0.2, 0.25) is 0 Å². The molecular formula is C18H26N4O3S. The molecule has 7 nitrogen and oxygen atoms in total. The maximum Gasteiger partial charge on any atom is 0.243 e. The van der Waals surface area contributed by atoms with Crippen molar-refractivity contribution in [3.05, 3.63) is 41.5 Å². The molecule has 0 unspecified atom stereocenters. The van der Waals surface area contributed by atoms with E-state index in [2.05, 4.69) is 10.1 Å². The Labute approximate surface area is 154 Å². The maximum atomic E-state index is 12.5. The van der Waals surface area contributed by atoms with Crippen LogP contribution in [0.4, 0.5) is 0 Å². The van der Waals surface area contributed by atoms with Crippen LogP contribution in [-0.2, 0) is 28.4 Å². The molecule has 1 aromatic carbocycles. The molecule has 2 aromatic rings. The lowest BCUT2D eigenvalue weighted by Gasteiger charge is -2.34. The molecule has 1 saturated carbocycles. The molecule has 0 saturated heterocycles. The van der Waals surface area contributed by atoms with Crippen LogP contribution < -0.4 is 5.73 Å². The highest BCUT2D eigenvalue weighted by molar-refractivity contribution is 7.89. The molecule has 1 aromatic heterocycles. The Hall–Kier alpha value is -1.77. The summed E-state index contributed by atoms with van der Waals surface area (Å²) in [7, 11) is -3.42. The van der Waals surface area contributed by atoms with E-state index < -0.39 is 15.6 Å². The molecule has 0 radical (unpaired) electrons. The minimum atomic E-state index is -3.42. The Balaban J connectivity index is 1.63. The minimum absolute atomic E-state index is 0.320. The molecule has 8 heteroatoms. The van der Waals surface area contributed by atoms with Crippen LogP contribution in [0.25, 0.3) is 0 Å². The molecule has 1 aliphatic rings. The molecule has 0 atom stereocenters. The highest BCUT2D eigenvalue weighted by atomic mass is 32.2. The van der Waals surface area contributed by atoms with E-state index in [4.69, 9.17) is 10.3 Å². The molecule has 2 N–H and O–H groups in total. The molecule has 1 aliphatic carbocycles. The molecule has 142 valence electrons. The summed E-state index contributed by atoms with van der Waals surface area (Å²) in [5.41, 5.74) is 6.81. The first-order chi connectivity index (χ1) is 12.4. The molecular weight excluding hydrogens is 352 g/mol. The van der Waals surface area contributed by atoms with Gasteiger partial charge in [0.1, 0.15) is 0 Å². The average Bonchev–Trinajstić information content (AvgIpc) is 3.08. The van der Waals surface area contributed by atoms with Gasteiger partial charge in [0.15, 0.2) is 5.82 Å². The van der Waals surface area contributed by atoms with E-state index in [9.17, 15) is 8.42 Å². The van der Waals surface area contributed by atoms with E-state index in [0.29, 0.717) is 42.5 Å². The summed E-state index contributed by atoms with van der Waals surface area (Å²) in [4.78, 5) is 4.74. The van der Waals surface area contributed by atoms with Crippen LogP contribution in [0, 0.1) is 0 Å². The number of nitrogens with two attached hydrogens (primary N) is 1. The fourth-order valence-electron chi connectivity index (χ4n) is 3.13. The van der Waals surface area contributed by atoms with Gasteiger partial charge in [0, 0.05) is 19.5 Å². The predicted molar refractivity (Wildman–Crippen MR) is 98.0 cm³/mol. The van der Waals surface area contributed by atoms with E-state index in [-0.39, 0.29) is 0 Å². The number of nitrogens with zero attached hydrogens (tertiary/aromatic N) is 3. The van der Waals surface area contributed by atoms with Gasteiger partial charge in [-0.2, -0.15) is 9.29 Å². The van der Waals surface area contributed by atoms with E-state index >= 15 is 0 Å². The zero-order valence-corrected chi connectivity index (χ0v) is 16.1. The van der Waals surface area contributed by atoms with Crippen LogP contribution in [0.15, 0.2) is 33.7 Å². The topological polar surface area (TPSA) is 102 Å². The SMILES string of the molecule is CCN(CC)S(=O)(=O)c1ccc(CCc2nc(C3(N)CCC3)no2)cc1. The fraction of sp³-hybridized carbons (Fsp3) is 0.556. The lowest BCUT2D eigenvalue weighted by atomic mass is 9.77.